The van der Waals surface area contributed by atoms with Gasteiger partial charge in [0, 0.05) is 17.9 Å². The number of nitrogens with one attached hydrogen (secondary N) is 1. The molecular formula is C26H23ClF2N4O. The fourth-order valence-electron chi connectivity index (χ4n) is 4.49. The Kier molecular flexibility index (Phi) is 6.30. The number of carbonyl (C=O) groups excluding carboxylic acids is 1. The average Bonchev–Trinajstić information content (AvgIpc) is 3.20. The number of nitrogens with zero attached hydrogens (tertiary/aromatic N) is 3. The first-order chi connectivity index (χ1) is 16.5. The summed E-state index contributed by atoms with van der Waals surface area (Å²) in [5.41, 5.74) is 3.13. The van der Waals surface area contributed by atoms with E-state index in [2.05, 4.69) is 10.2 Å². The molecule has 0 unspecified atom stereocenters. The molecule has 1 aliphatic heterocycles. The fraction of sp³-hybridized carbons (Fsp3) is 0.231. The van der Waals surface area contributed by atoms with E-state index < -0.39 is 5.82 Å². The SMILES string of the molecule is O=C(Nc1ccc(F)c(Cl)c1)[C@H]1CCCN(Cc2nc3ccccc3n2-c2ccc(F)cc2)C1. The number of para-hydroxylation sites is 2. The van der Waals surface area contributed by atoms with Crippen LogP contribution in [0.1, 0.15) is 18.7 Å². The lowest BCUT2D eigenvalue weighted by atomic mass is 9.97. The van der Waals surface area contributed by atoms with E-state index in [1.165, 1.54) is 30.3 Å². The van der Waals surface area contributed by atoms with Gasteiger partial charge in [0.1, 0.15) is 17.5 Å². The predicted octanol–water partition coefficient (Wildman–Crippen LogP) is 5.81. The van der Waals surface area contributed by atoms with Gasteiger partial charge < -0.3 is 5.32 Å². The number of anilines is 1. The van der Waals surface area contributed by atoms with Crippen molar-refractivity contribution >= 4 is 34.2 Å². The predicted molar refractivity (Wildman–Crippen MR) is 129 cm³/mol. The van der Waals surface area contributed by atoms with Crippen molar-refractivity contribution in [2.45, 2.75) is 19.4 Å². The maximum Gasteiger partial charge on any atom is 0.228 e. The van der Waals surface area contributed by atoms with Crippen LogP contribution in [0, 0.1) is 17.6 Å². The minimum Gasteiger partial charge on any atom is -0.326 e. The fourth-order valence-corrected chi connectivity index (χ4v) is 4.67. The van der Waals surface area contributed by atoms with Gasteiger partial charge in [-0.25, -0.2) is 13.8 Å². The molecule has 34 heavy (non-hydrogen) atoms. The molecular weight excluding hydrogens is 458 g/mol. The highest BCUT2D eigenvalue weighted by molar-refractivity contribution is 6.31. The third-order valence-corrected chi connectivity index (χ3v) is 6.43. The second kappa shape index (κ2) is 9.52. The number of carbonyl (C=O) groups is 1. The molecule has 0 bridgehead atoms. The first-order valence-electron chi connectivity index (χ1n) is 11.2. The number of hydrogen-bond acceptors (Lipinski definition) is 3. The van der Waals surface area contributed by atoms with Gasteiger partial charge in [0.2, 0.25) is 5.91 Å². The van der Waals surface area contributed by atoms with Crippen LogP contribution in [0.3, 0.4) is 0 Å². The van der Waals surface area contributed by atoms with Crippen LogP contribution >= 0.6 is 11.6 Å². The van der Waals surface area contributed by atoms with E-state index in [1.807, 2.05) is 28.8 Å². The Bertz CT molecular complexity index is 1340. The molecule has 3 aromatic carbocycles. The van der Waals surface area contributed by atoms with E-state index in [0.29, 0.717) is 18.8 Å². The molecule has 1 aromatic heterocycles. The van der Waals surface area contributed by atoms with Crippen LogP contribution in [0.15, 0.2) is 66.7 Å². The molecule has 1 N–H and O–H groups in total. The maximum atomic E-state index is 13.5. The van der Waals surface area contributed by atoms with E-state index in [-0.39, 0.29) is 22.7 Å². The number of hydrogen-bond donors (Lipinski definition) is 1. The molecule has 1 aliphatic rings. The summed E-state index contributed by atoms with van der Waals surface area (Å²) in [6.07, 6.45) is 1.64. The summed E-state index contributed by atoms with van der Waals surface area (Å²) in [6, 6.07) is 18.4. The Labute approximate surface area is 201 Å². The monoisotopic (exact) mass is 480 g/mol. The van der Waals surface area contributed by atoms with Gasteiger partial charge in [-0.15, -0.1) is 0 Å². The third-order valence-electron chi connectivity index (χ3n) is 6.14. The first-order valence-corrected chi connectivity index (χ1v) is 11.6. The Morgan fingerprint density at radius 1 is 1.09 bits per heavy atom. The average molecular weight is 481 g/mol. The quantitative estimate of drug-likeness (QED) is 0.392. The molecule has 8 heteroatoms. The normalized spacial score (nSPS) is 16.6. The Morgan fingerprint density at radius 2 is 1.88 bits per heavy atom. The minimum atomic E-state index is -0.521. The van der Waals surface area contributed by atoms with E-state index in [9.17, 15) is 13.6 Å². The molecule has 2 heterocycles. The number of benzene rings is 3. The molecule has 0 aliphatic carbocycles. The number of imidazole rings is 1. The van der Waals surface area contributed by atoms with Crippen molar-refractivity contribution in [1.29, 1.82) is 0 Å². The van der Waals surface area contributed by atoms with Crippen molar-refractivity contribution < 1.29 is 13.6 Å². The van der Waals surface area contributed by atoms with Crippen molar-refractivity contribution in [2.75, 3.05) is 18.4 Å². The van der Waals surface area contributed by atoms with E-state index >= 15 is 0 Å². The van der Waals surface area contributed by atoms with Crippen LogP contribution in [0.5, 0.6) is 0 Å². The maximum absolute atomic E-state index is 13.5. The van der Waals surface area contributed by atoms with Gasteiger partial charge in [0.15, 0.2) is 0 Å². The van der Waals surface area contributed by atoms with Crippen LogP contribution in [-0.4, -0.2) is 33.4 Å². The molecule has 1 saturated heterocycles. The molecule has 174 valence electrons. The van der Waals surface area contributed by atoms with Crippen LogP contribution < -0.4 is 5.32 Å². The van der Waals surface area contributed by atoms with E-state index in [1.54, 1.807) is 12.1 Å². The van der Waals surface area contributed by atoms with Crippen LogP contribution in [0.2, 0.25) is 5.02 Å². The summed E-state index contributed by atoms with van der Waals surface area (Å²) in [5, 5.41) is 2.83. The minimum absolute atomic E-state index is 0.0252. The highest BCUT2D eigenvalue weighted by Crippen LogP contribution is 2.26. The molecule has 1 fully saturated rings. The van der Waals surface area contributed by atoms with Gasteiger partial charge in [0.25, 0.3) is 0 Å². The third kappa shape index (κ3) is 4.67. The van der Waals surface area contributed by atoms with Crippen molar-refractivity contribution in [3.05, 3.63) is 89.2 Å². The largest absolute Gasteiger partial charge is 0.326 e. The van der Waals surface area contributed by atoms with Crippen molar-refractivity contribution in [3.63, 3.8) is 0 Å². The zero-order valence-electron chi connectivity index (χ0n) is 18.3. The lowest BCUT2D eigenvalue weighted by molar-refractivity contribution is -0.121. The number of amides is 1. The Hall–Kier alpha value is -3.29. The van der Waals surface area contributed by atoms with Gasteiger partial charge in [0.05, 0.1) is 28.5 Å². The van der Waals surface area contributed by atoms with Crippen LogP contribution in [0.25, 0.3) is 16.7 Å². The lowest BCUT2D eigenvalue weighted by Crippen LogP contribution is -2.40. The summed E-state index contributed by atoms with van der Waals surface area (Å²) >= 11 is 5.84. The van der Waals surface area contributed by atoms with Gasteiger partial charge in [-0.05, 0) is 74.0 Å². The van der Waals surface area contributed by atoms with Crippen molar-refractivity contribution in [3.8, 4) is 5.69 Å². The van der Waals surface area contributed by atoms with E-state index in [0.717, 1.165) is 41.9 Å². The Balaban J connectivity index is 1.35. The summed E-state index contributed by atoms with van der Waals surface area (Å²) < 4.78 is 29.0. The molecule has 0 spiro atoms. The number of aromatic nitrogens is 2. The standard InChI is InChI=1S/C26H23ClF2N4O/c27-21-14-19(9-12-22(21)29)30-26(34)17-4-3-13-32(15-17)16-25-31-23-5-1-2-6-24(23)33(25)20-10-7-18(28)8-11-20/h1-2,5-12,14,17H,3-4,13,15-16H2,(H,30,34)/t17-/m0/s1. The van der Waals surface area contributed by atoms with Crippen LogP contribution in [-0.2, 0) is 11.3 Å². The van der Waals surface area contributed by atoms with Crippen molar-refractivity contribution in [1.82, 2.24) is 14.5 Å². The Morgan fingerprint density at radius 3 is 2.68 bits per heavy atom. The van der Waals surface area contributed by atoms with Gasteiger partial charge >= 0.3 is 0 Å². The van der Waals surface area contributed by atoms with E-state index in [4.69, 9.17) is 16.6 Å². The second-order valence-corrected chi connectivity index (χ2v) is 8.93. The summed E-state index contributed by atoms with van der Waals surface area (Å²) in [6.45, 7) is 1.98. The molecule has 1 amide bonds. The summed E-state index contributed by atoms with van der Waals surface area (Å²) in [7, 11) is 0. The number of halogens is 3. The zero-order valence-corrected chi connectivity index (χ0v) is 19.1. The molecule has 0 radical (unpaired) electrons. The number of rotatable bonds is 5. The number of fused-ring (bicyclic) bond motifs is 1. The molecule has 4 aromatic rings. The molecule has 0 saturated carbocycles. The van der Waals surface area contributed by atoms with Gasteiger partial charge in [-0.3, -0.25) is 14.3 Å². The summed E-state index contributed by atoms with van der Waals surface area (Å²) in [5.74, 6) is -0.297. The second-order valence-electron chi connectivity index (χ2n) is 8.52. The molecule has 5 nitrogen and oxygen atoms in total. The highest BCUT2D eigenvalue weighted by Gasteiger charge is 2.27. The van der Waals surface area contributed by atoms with Crippen LogP contribution in [0.4, 0.5) is 14.5 Å². The number of likely N-dealkylation sites (tertiary alicyclic amines) is 1. The zero-order chi connectivity index (χ0) is 23.7. The smallest absolute Gasteiger partial charge is 0.228 e. The first kappa shape index (κ1) is 22.5. The van der Waals surface area contributed by atoms with Gasteiger partial charge in [-0.1, -0.05) is 23.7 Å². The van der Waals surface area contributed by atoms with Crippen molar-refractivity contribution in [2.24, 2.45) is 5.92 Å². The lowest BCUT2D eigenvalue weighted by Gasteiger charge is -2.31. The number of piperidine rings is 1. The van der Waals surface area contributed by atoms with Gasteiger partial charge in [-0.2, -0.15) is 0 Å². The highest BCUT2D eigenvalue weighted by atomic mass is 35.5. The summed E-state index contributed by atoms with van der Waals surface area (Å²) in [4.78, 5) is 19.9. The molecule has 5 rings (SSSR count). The molecule has 1 atom stereocenters. The topological polar surface area (TPSA) is 50.2 Å².